The van der Waals surface area contributed by atoms with Gasteiger partial charge in [0.05, 0.1) is 12.7 Å². The number of aryl methyl sites for hydroxylation is 1. The molecule has 3 nitrogen and oxygen atoms in total. The van der Waals surface area contributed by atoms with Gasteiger partial charge < -0.3 is 14.4 Å². The van der Waals surface area contributed by atoms with Crippen LogP contribution in [-0.4, -0.2) is 22.4 Å². The summed E-state index contributed by atoms with van der Waals surface area (Å²) in [7, 11) is 0. The highest BCUT2D eigenvalue weighted by Crippen LogP contribution is 2.23. The summed E-state index contributed by atoms with van der Waals surface area (Å²) in [6, 6.07) is 8.26. The van der Waals surface area contributed by atoms with Crippen molar-refractivity contribution in [3.8, 4) is 0 Å². The number of benzene rings is 1. The van der Waals surface area contributed by atoms with Crippen LogP contribution >= 0.6 is 0 Å². The lowest BCUT2D eigenvalue weighted by atomic mass is 10.2. The second kappa shape index (κ2) is 5.12. The summed E-state index contributed by atoms with van der Waals surface area (Å²) in [6.07, 6.45) is 5.93. The number of hydrogen-bond acceptors (Lipinski definition) is 2. The quantitative estimate of drug-likeness (QED) is 0.898. The van der Waals surface area contributed by atoms with Crippen molar-refractivity contribution in [1.82, 2.24) is 4.57 Å². The molecule has 96 valence electrons. The lowest BCUT2D eigenvalue weighted by molar-refractivity contribution is 0.101. The average Bonchev–Trinajstić information content (AvgIpc) is 3.04. The van der Waals surface area contributed by atoms with Gasteiger partial charge in [-0.15, -0.1) is 0 Å². The van der Waals surface area contributed by atoms with Crippen LogP contribution in [0.15, 0.2) is 30.5 Å². The van der Waals surface area contributed by atoms with Crippen LogP contribution in [0.2, 0.25) is 0 Å². The van der Waals surface area contributed by atoms with Gasteiger partial charge in [-0.25, -0.2) is 0 Å². The van der Waals surface area contributed by atoms with Crippen LogP contribution in [-0.2, 0) is 17.9 Å². The highest BCUT2D eigenvalue weighted by molar-refractivity contribution is 5.83. The van der Waals surface area contributed by atoms with Gasteiger partial charge in [0.2, 0.25) is 0 Å². The molecule has 0 spiro atoms. The normalized spacial score (nSPS) is 19.7. The molecule has 1 atom stereocenters. The second-order valence-electron chi connectivity index (χ2n) is 4.95. The van der Waals surface area contributed by atoms with Crippen LogP contribution in [0.4, 0.5) is 0 Å². The number of nitrogens with zero attached hydrogens (tertiary/aromatic N) is 1. The molecule has 3 rings (SSSR count). The van der Waals surface area contributed by atoms with Crippen LogP contribution in [0.1, 0.15) is 24.8 Å². The Morgan fingerprint density at radius 3 is 3.00 bits per heavy atom. The fraction of sp³-hybridized carbons (Fsp3) is 0.467. The van der Waals surface area contributed by atoms with Gasteiger partial charge in [-0.3, -0.25) is 0 Å². The molecule has 0 bridgehead atoms. The van der Waals surface area contributed by atoms with Gasteiger partial charge >= 0.3 is 0 Å². The van der Waals surface area contributed by atoms with E-state index in [1.807, 2.05) is 12.1 Å². The molecule has 0 aliphatic carbocycles. The van der Waals surface area contributed by atoms with Crippen molar-refractivity contribution in [3.63, 3.8) is 0 Å². The molecular formula is C15H19NO2. The second-order valence-corrected chi connectivity index (χ2v) is 4.95. The maximum absolute atomic E-state index is 9.39. The molecule has 1 saturated heterocycles. The van der Waals surface area contributed by atoms with Crippen molar-refractivity contribution >= 4 is 10.9 Å². The molecule has 0 amide bonds. The Kier molecular flexibility index (Phi) is 3.35. The fourth-order valence-electron chi connectivity index (χ4n) is 2.79. The largest absolute Gasteiger partial charge is 0.392 e. The fourth-order valence-corrected chi connectivity index (χ4v) is 2.79. The van der Waals surface area contributed by atoms with Crippen molar-refractivity contribution in [1.29, 1.82) is 0 Å². The van der Waals surface area contributed by atoms with E-state index in [4.69, 9.17) is 4.74 Å². The number of rotatable bonds is 4. The van der Waals surface area contributed by atoms with Crippen molar-refractivity contribution in [2.75, 3.05) is 6.61 Å². The average molecular weight is 245 g/mol. The predicted octanol–water partition coefficient (Wildman–Crippen LogP) is 2.70. The minimum Gasteiger partial charge on any atom is -0.392 e. The molecule has 1 aromatic heterocycles. The summed E-state index contributed by atoms with van der Waals surface area (Å²) in [5.74, 6) is 0. The van der Waals surface area contributed by atoms with E-state index in [0.717, 1.165) is 30.5 Å². The van der Waals surface area contributed by atoms with E-state index >= 15 is 0 Å². The highest BCUT2D eigenvalue weighted by Gasteiger charge is 2.16. The minimum absolute atomic E-state index is 0.105. The van der Waals surface area contributed by atoms with E-state index in [9.17, 15) is 5.11 Å². The van der Waals surface area contributed by atoms with Crippen molar-refractivity contribution < 1.29 is 9.84 Å². The Bertz CT molecular complexity index is 526. The zero-order valence-electron chi connectivity index (χ0n) is 10.5. The predicted molar refractivity (Wildman–Crippen MR) is 71.5 cm³/mol. The molecule has 1 aromatic carbocycles. The molecule has 2 heterocycles. The van der Waals surface area contributed by atoms with E-state index in [0.29, 0.717) is 6.10 Å². The summed E-state index contributed by atoms with van der Waals surface area (Å²) >= 11 is 0. The van der Waals surface area contributed by atoms with E-state index in [-0.39, 0.29) is 6.61 Å². The van der Waals surface area contributed by atoms with E-state index in [1.165, 1.54) is 18.4 Å². The Hall–Kier alpha value is -1.32. The Morgan fingerprint density at radius 2 is 2.22 bits per heavy atom. The smallest absolute Gasteiger partial charge is 0.0702 e. The van der Waals surface area contributed by atoms with Gasteiger partial charge in [0.1, 0.15) is 0 Å². The summed E-state index contributed by atoms with van der Waals surface area (Å²) in [4.78, 5) is 0. The van der Waals surface area contributed by atoms with Crippen LogP contribution in [0.5, 0.6) is 0 Å². The molecule has 18 heavy (non-hydrogen) atoms. The lowest BCUT2D eigenvalue weighted by Crippen LogP contribution is -2.09. The maximum Gasteiger partial charge on any atom is 0.0702 e. The third-order valence-corrected chi connectivity index (χ3v) is 3.76. The van der Waals surface area contributed by atoms with E-state index in [2.05, 4.69) is 22.9 Å². The maximum atomic E-state index is 9.39. The first-order valence-electron chi connectivity index (χ1n) is 6.67. The molecule has 1 unspecified atom stereocenters. The molecule has 1 fully saturated rings. The molecule has 1 N–H and O–H groups in total. The summed E-state index contributed by atoms with van der Waals surface area (Å²) in [5.41, 5.74) is 2.22. The Morgan fingerprint density at radius 1 is 1.33 bits per heavy atom. The minimum atomic E-state index is 0.105. The molecule has 0 saturated carbocycles. The third kappa shape index (κ3) is 2.16. The van der Waals surface area contributed by atoms with Gasteiger partial charge in [0, 0.05) is 35.8 Å². The zero-order valence-corrected chi connectivity index (χ0v) is 10.5. The first-order valence-corrected chi connectivity index (χ1v) is 6.67. The van der Waals surface area contributed by atoms with Gasteiger partial charge in [-0.2, -0.15) is 0 Å². The number of aliphatic hydroxyl groups is 1. The molecule has 0 radical (unpaired) electrons. The van der Waals surface area contributed by atoms with Crippen molar-refractivity contribution in [3.05, 3.63) is 36.0 Å². The molecular weight excluding hydrogens is 226 g/mol. The van der Waals surface area contributed by atoms with Gasteiger partial charge in [0.15, 0.2) is 0 Å². The number of para-hydroxylation sites is 1. The molecule has 3 heteroatoms. The monoisotopic (exact) mass is 245 g/mol. The Labute approximate surface area is 107 Å². The van der Waals surface area contributed by atoms with Crippen molar-refractivity contribution in [2.45, 2.75) is 38.5 Å². The third-order valence-electron chi connectivity index (χ3n) is 3.76. The number of aromatic nitrogens is 1. The molecule has 1 aliphatic heterocycles. The van der Waals surface area contributed by atoms with E-state index in [1.54, 1.807) is 0 Å². The lowest BCUT2D eigenvalue weighted by Gasteiger charge is -2.10. The summed E-state index contributed by atoms with van der Waals surface area (Å²) in [6.45, 7) is 1.98. The van der Waals surface area contributed by atoms with Crippen LogP contribution in [0, 0.1) is 0 Å². The first kappa shape index (κ1) is 11.8. The van der Waals surface area contributed by atoms with Gasteiger partial charge in [-0.1, -0.05) is 18.2 Å². The van der Waals surface area contributed by atoms with E-state index < -0.39 is 0 Å². The zero-order chi connectivity index (χ0) is 12.4. The van der Waals surface area contributed by atoms with Crippen LogP contribution in [0.25, 0.3) is 10.9 Å². The molecule has 1 aliphatic rings. The first-order chi connectivity index (χ1) is 8.88. The van der Waals surface area contributed by atoms with Gasteiger partial charge in [-0.05, 0) is 25.3 Å². The summed E-state index contributed by atoms with van der Waals surface area (Å²) in [5, 5.41) is 10.6. The topological polar surface area (TPSA) is 34.4 Å². The molecule has 2 aromatic rings. The number of fused-ring (bicyclic) bond motifs is 1. The van der Waals surface area contributed by atoms with Crippen LogP contribution in [0.3, 0.4) is 0 Å². The highest BCUT2D eigenvalue weighted by atomic mass is 16.5. The SMILES string of the molecule is OCc1cn(CCC2CCCO2)c2ccccc12. The van der Waals surface area contributed by atoms with Crippen LogP contribution < -0.4 is 0 Å². The summed E-state index contributed by atoms with van der Waals surface area (Å²) < 4.78 is 7.90. The number of aliphatic hydroxyl groups excluding tert-OH is 1. The Balaban J connectivity index is 1.82. The van der Waals surface area contributed by atoms with Gasteiger partial charge in [0.25, 0.3) is 0 Å². The number of hydrogen-bond donors (Lipinski definition) is 1. The number of ether oxygens (including phenoxy) is 1. The van der Waals surface area contributed by atoms with Crippen molar-refractivity contribution in [2.24, 2.45) is 0 Å². The standard InChI is InChI=1S/C15H19NO2/c17-11-12-10-16(8-7-13-4-3-9-18-13)15-6-2-1-5-14(12)15/h1-2,5-6,10,13,17H,3-4,7-9,11H2.